The number of nitrogens with zero attached hydrogens (tertiary/aromatic N) is 5. The Morgan fingerprint density at radius 2 is 1.68 bits per heavy atom. The van der Waals surface area contributed by atoms with Crippen molar-refractivity contribution in [2.45, 2.75) is 25.7 Å². The van der Waals surface area contributed by atoms with Gasteiger partial charge in [0.05, 0.1) is 15.5 Å². The zero-order valence-electron chi connectivity index (χ0n) is 18.5. The predicted molar refractivity (Wildman–Crippen MR) is 124 cm³/mol. The number of hydrogen-bond donors (Lipinski definition) is 1. The van der Waals surface area contributed by atoms with Crippen molar-refractivity contribution in [3.05, 3.63) is 88.3 Å². The number of anilines is 1. The molecule has 0 saturated heterocycles. The number of nitro groups is 1. The summed E-state index contributed by atoms with van der Waals surface area (Å²) in [6.45, 7) is 5.61. The second-order valence-corrected chi connectivity index (χ2v) is 9.06. The molecule has 1 N–H and O–H groups in total. The van der Waals surface area contributed by atoms with Crippen LogP contribution >= 0.6 is 0 Å². The molecule has 174 valence electrons. The molecule has 0 radical (unpaired) electrons. The highest BCUT2D eigenvalue weighted by atomic mass is 32.2. The van der Waals surface area contributed by atoms with Gasteiger partial charge in [0, 0.05) is 29.6 Å². The highest BCUT2D eigenvalue weighted by Crippen LogP contribution is 2.25. The van der Waals surface area contributed by atoms with Crippen LogP contribution in [0.15, 0.2) is 65.8 Å². The SMILES string of the molecule is Cc1nc(Oc2ccc(NS(=O)(=O)c3ccc([N+](=O)[O-])cc3)cc2)cc(-n2cnc(C)c2C)n1. The van der Waals surface area contributed by atoms with Gasteiger partial charge in [-0.15, -0.1) is 0 Å². The van der Waals surface area contributed by atoms with E-state index < -0.39 is 14.9 Å². The molecule has 0 bridgehead atoms. The molecule has 0 atom stereocenters. The summed E-state index contributed by atoms with van der Waals surface area (Å²) in [7, 11) is -3.91. The van der Waals surface area contributed by atoms with Crippen molar-refractivity contribution < 1.29 is 18.1 Å². The first kappa shape index (κ1) is 22.9. The van der Waals surface area contributed by atoms with Gasteiger partial charge in [0.25, 0.3) is 15.7 Å². The van der Waals surface area contributed by atoms with Gasteiger partial charge >= 0.3 is 0 Å². The number of benzene rings is 2. The fraction of sp³-hybridized carbons (Fsp3) is 0.136. The van der Waals surface area contributed by atoms with Crippen LogP contribution in [-0.2, 0) is 10.0 Å². The lowest BCUT2D eigenvalue weighted by Crippen LogP contribution is -2.12. The topological polar surface area (TPSA) is 142 Å². The molecule has 0 aliphatic rings. The Kier molecular flexibility index (Phi) is 5.99. The van der Waals surface area contributed by atoms with Crippen LogP contribution in [0.5, 0.6) is 11.6 Å². The van der Waals surface area contributed by atoms with E-state index in [9.17, 15) is 18.5 Å². The summed E-state index contributed by atoms with van der Waals surface area (Å²) in [5, 5.41) is 10.8. The van der Waals surface area contributed by atoms with Gasteiger partial charge in [-0.25, -0.2) is 18.4 Å². The largest absolute Gasteiger partial charge is 0.439 e. The Morgan fingerprint density at radius 3 is 2.26 bits per heavy atom. The fourth-order valence-corrected chi connectivity index (χ4v) is 4.16. The lowest BCUT2D eigenvalue weighted by Gasteiger charge is -2.11. The molecular formula is C22H20N6O5S. The summed E-state index contributed by atoms with van der Waals surface area (Å²) in [5.41, 5.74) is 1.95. The van der Waals surface area contributed by atoms with Crippen molar-refractivity contribution in [3.8, 4) is 17.4 Å². The van der Waals surface area contributed by atoms with E-state index in [0.29, 0.717) is 29.0 Å². The Morgan fingerprint density at radius 1 is 1.00 bits per heavy atom. The molecule has 12 heteroatoms. The first-order chi connectivity index (χ1) is 16.1. The van der Waals surface area contributed by atoms with Crippen LogP contribution in [0.2, 0.25) is 0 Å². The molecular weight excluding hydrogens is 460 g/mol. The van der Waals surface area contributed by atoms with Crippen molar-refractivity contribution in [1.29, 1.82) is 0 Å². The van der Waals surface area contributed by atoms with Crippen LogP contribution in [0, 0.1) is 30.9 Å². The second-order valence-electron chi connectivity index (χ2n) is 7.38. The van der Waals surface area contributed by atoms with Gasteiger partial charge in [-0.1, -0.05) is 0 Å². The number of aromatic nitrogens is 4. The van der Waals surface area contributed by atoms with Crippen LogP contribution in [-0.4, -0.2) is 32.9 Å². The predicted octanol–water partition coefficient (Wildman–Crippen LogP) is 4.09. The van der Waals surface area contributed by atoms with Crippen molar-refractivity contribution in [2.24, 2.45) is 0 Å². The van der Waals surface area contributed by atoms with Gasteiger partial charge in [0.1, 0.15) is 23.7 Å². The molecule has 0 aliphatic carbocycles. The number of nitrogens with one attached hydrogen (secondary N) is 1. The van der Waals surface area contributed by atoms with E-state index in [4.69, 9.17) is 4.74 Å². The number of imidazole rings is 1. The standard InChI is InChI=1S/C22H20N6O5S/c1-14-15(2)27(13-23-14)21-12-22(25-16(3)24-21)33-19-8-4-17(5-9-19)26-34(31,32)20-10-6-18(7-11-20)28(29)30/h4-13,26H,1-3H3. The average Bonchev–Trinajstić information content (AvgIpc) is 3.13. The summed E-state index contributed by atoms with van der Waals surface area (Å²) >= 11 is 0. The van der Waals surface area contributed by atoms with Gasteiger partial charge in [-0.3, -0.25) is 19.4 Å². The number of ether oxygens (including phenoxy) is 1. The van der Waals surface area contributed by atoms with Gasteiger partial charge in [-0.05, 0) is 57.2 Å². The van der Waals surface area contributed by atoms with Crippen LogP contribution in [0.1, 0.15) is 17.2 Å². The number of hydrogen-bond acceptors (Lipinski definition) is 8. The Bertz CT molecular complexity index is 1460. The highest BCUT2D eigenvalue weighted by molar-refractivity contribution is 7.92. The monoisotopic (exact) mass is 480 g/mol. The van der Waals surface area contributed by atoms with Crippen molar-refractivity contribution in [1.82, 2.24) is 19.5 Å². The number of nitro benzene ring substituents is 1. The molecule has 2 heterocycles. The van der Waals surface area contributed by atoms with Gasteiger partial charge in [-0.2, -0.15) is 4.98 Å². The van der Waals surface area contributed by atoms with E-state index >= 15 is 0 Å². The first-order valence-corrected chi connectivity index (χ1v) is 11.5. The third-order valence-corrected chi connectivity index (χ3v) is 6.38. The van der Waals surface area contributed by atoms with Crippen molar-refractivity contribution >= 4 is 21.4 Å². The lowest BCUT2D eigenvalue weighted by atomic mass is 10.3. The van der Waals surface area contributed by atoms with E-state index in [1.807, 2.05) is 18.4 Å². The smallest absolute Gasteiger partial charge is 0.269 e. The average molecular weight is 481 g/mol. The maximum Gasteiger partial charge on any atom is 0.269 e. The molecule has 34 heavy (non-hydrogen) atoms. The maximum atomic E-state index is 12.6. The molecule has 11 nitrogen and oxygen atoms in total. The normalized spacial score (nSPS) is 11.3. The van der Waals surface area contributed by atoms with E-state index in [2.05, 4.69) is 19.7 Å². The number of sulfonamides is 1. The first-order valence-electron chi connectivity index (χ1n) is 10.0. The van der Waals surface area contributed by atoms with Gasteiger partial charge in [0.15, 0.2) is 0 Å². The van der Waals surface area contributed by atoms with E-state index in [0.717, 1.165) is 23.5 Å². The maximum absolute atomic E-state index is 12.6. The lowest BCUT2D eigenvalue weighted by molar-refractivity contribution is -0.384. The zero-order chi connectivity index (χ0) is 24.5. The van der Waals surface area contributed by atoms with Crippen LogP contribution in [0.4, 0.5) is 11.4 Å². The summed E-state index contributed by atoms with van der Waals surface area (Å²) < 4.78 is 35.2. The van der Waals surface area contributed by atoms with Crippen molar-refractivity contribution in [2.75, 3.05) is 4.72 Å². The number of non-ortho nitro benzene ring substituents is 1. The summed E-state index contributed by atoms with van der Waals surface area (Å²) in [6.07, 6.45) is 1.68. The highest BCUT2D eigenvalue weighted by Gasteiger charge is 2.16. The van der Waals surface area contributed by atoms with E-state index in [-0.39, 0.29) is 10.6 Å². The minimum absolute atomic E-state index is 0.0903. The molecule has 4 rings (SSSR count). The zero-order valence-corrected chi connectivity index (χ0v) is 19.3. The third kappa shape index (κ3) is 4.86. The summed E-state index contributed by atoms with van der Waals surface area (Å²) in [6, 6.07) is 12.6. The van der Waals surface area contributed by atoms with Crippen LogP contribution < -0.4 is 9.46 Å². The molecule has 0 aliphatic heterocycles. The van der Waals surface area contributed by atoms with Crippen LogP contribution in [0.25, 0.3) is 5.82 Å². The quantitative estimate of drug-likeness (QED) is 0.308. The Balaban J connectivity index is 1.50. The summed E-state index contributed by atoms with van der Waals surface area (Å²) in [4.78, 5) is 23.1. The minimum atomic E-state index is -3.91. The molecule has 0 unspecified atom stereocenters. The molecule has 4 aromatic rings. The minimum Gasteiger partial charge on any atom is -0.439 e. The molecule has 0 amide bonds. The fourth-order valence-electron chi connectivity index (χ4n) is 3.10. The number of aryl methyl sites for hydroxylation is 2. The Hall–Kier alpha value is -4.32. The van der Waals surface area contributed by atoms with Crippen molar-refractivity contribution in [3.63, 3.8) is 0 Å². The molecule has 2 aromatic heterocycles. The van der Waals surface area contributed by atoms with E-state index in [1.54, 1.807) is 31.5 Å². The van der Waals surface area contributed by atoms with E-state index in [1.165, 1.54) is 24.3 Å². The Labute approximate surface area is 195 Å². The molecule has 0 fully saturated rings. The molecule has 2 aromatic carbocycles. The van der Waals surface area contributed by atoms with Gasteiger partial charge < -0.3 is 4.74 Å². The van der Waals surface area contributed by atoms with Crippen LogP contribution in [0.3, 0.4) is 0 Å². The summed E-state index contributed by atoms with van der Waals surface area (Å²) in [5.74, 6) is 1.91. The molecule has 0 spiro atoms. The molecule has 0 saturated carbocycles. The van der Waals surface area contributed by atoms with Gasteiger partial charge in [0.2, 0.25) is 5.88 Å². The number of rotatable bonds is 7. The third-order valence-electron chi connectivity index (χ3n) is 4.99. The second kappa shape index (κ2) is 8.90.